The minimum Gasteiger partial charge on any atom is -0.480 e. The maximum Gasteiger partial charge on any atom is 0.326 e. The zero-order chi connectivity index (χ0) is 13.6. The first-order chi connectivity index (χ1) is 9.01. The molecule has 0 amide bonds. The molecule has 5 nitrogen and oxygen atoms in total. The van der Waals surface area contributed by atoms with E-state index in [0.29, 0.717) is 10.1 Å². The third kappa shape index (κ3) is 2.11. The molecule has 2 aliphatic rings. The van der Waals surface area contributed by atoms with Crippen molar-refractivity contribution in [2.45, 2.75) is 29.0 Å². The van der Waals surface area contributed by atoms with Crippen LogP contribution >= 0.6 is 11.3 Å². The standard InChI is InChI=1S/C12H13NO4S2/c14-11(15)10-2-1-6-13(10)19(16,17)12-9(5-7-18-12)8-3-4-8/h1-2,5,7-8,10H,3-4,6H2,(H,14,15). The van der Waals surface area contributed by atoms with Crippen LogP contribution in [0, 0.1) is 0 Å². The molecule has 1 aromatic heterocycles. The number of hydrogen-bond donors (Lipinski definition) is 1. The highest BCUT2D eigenvalue weighted by molar-refractivity contribution is 7.91. The van der Waals surface area contributed by atoms with Crippen molar-refractivity contribution in [1.82, 2.24) is 4.31 Å². The van der Waals surface area contributed by atoms with Crippen LogP contribution in [0.3, 0.4) is 0 Å². The Balaban J connectivity index is 1.98. The Morgan fingerprint density at radius 2 is 2.16 bits per heavy atom. The molecular weight excluding hydrogens is 286 g/mol. The lowest BCUT2D eigenvalue weighted by Crippen LogP contribution is -2.40. The van der Waals surface area contributed by atoms with Gasteiger partial charge in [0.05, 0.1) is 0 Å². The van der Waals surface area contributed by atoms with E-state index in [2.05, 4.69) is 0 Å². The normalized spacial score (nSPS) is 23.9. The van der Waals surface area contributed by atoms with Crippen LogP contribution in [0.4, 0.5) is 0 Å². The first kappa shape index (κ1) is 12.8. The van der Waals surface area contributed by atoms with E-state index in [1.165, 1.54) is 17.4 Å². The predicted octanol–water partition coefficient (Wildman–Crippen LogP) is 1.64. The minimum atomic E-state index is -3.72. The van der Waals surface area contributed by atoms with Crippen molar-refractivity contribution in [3.63, 3.8) is 0 Å². The largest absolute Gasteiger partial charge is 0.480 e. The molecule has 1 N–H and O–H groups in total. The Kier molecular flexibility index (Phi) is 2.99. The fourth-order valence-electron chi connectivity index (χ4n) is 2.27. The smallest absolute Gasteiger partial charge is 0.326 e. The van der Waals surface area contributed by atoms with E-state index in [0.717, 1.165) is 22.7 Å². The quantitative estimate of drug-likeness (QED) is 0.858. The molecule has 1 aliphatic carbocycles. The van der Waals surface area contributed by atoms with Gasteiger partial charge in [-0.3, -0.25) is 4.79 Å². The number of sulfonamides is 1. The second-order valence-corrected chi connectivity index (χ2v) is 7.73. The van der Waals surface area contributed by atoms with Gasteiger partial charge in [-0.15, -0.1) is 11.3 Å². The van der Waals surface area contributed by atoms with Crippen molar-refractivity contribution >= 4 is 27.3 Å². The van der Waals surface area contributed by atoms with Gasteiger partial charge in [-0.1, -0.05) is 12.2 Å². The lowest BCUT2D eigenvalue weighted by atomic mass is 10.2. The molecule has 0 radical (unpaired) electrons. The summed E-state index contributed by atoms with van der Waals surface area (Å²) in [5, 5.41) is 10.8. The maximum atomic E-state index is 12.6. The van der Waals surface area contributed by atoms with Crippen LogP contribution in [0.2, 0.25) is 0 Å². The topological polar surface area (TPSA) is 74.7 Å². The minimum absolute atomic E-state index is 0.126. The summed E-state index contributed by atoms with van der Waals surface area (Å²) in [6, 6.07) is 0.758. The summed E-state index contributed by atoms with van der Waals surface area (Å²) in [7, 11) is -3.72. The van der Waals surface area contributed by atoms with E-state index in [1.54, 1.807) is 11.5 Å². The second kappa shape index (κ2) is 4.43. The second-order valence-electron chi connectivity index (χ2n) is 4.72. The lowest BCUT2D eigenvalue weighted by molar-refractivity contribution is -0.139. The summed E-state index contributed by atoms with van der Waals surface area (Å²) in [5.74, 6) is -0.809. The number of hydrogen-bond acceptors (Lipinski definition) is 4. The number of carboxylic acid groups (broad SMARTS) is 1. The molecule has 19 heavy (non-hydrogen) atoms. The van der Waals surface area contributed by atoms with Crippen LogP contribution in [0.15, 0.2) is 27.8 Å². The Morgan fingerprint density at radius 1 is 1.42 bits per heavy atom. The van der Waals surface area contributed by atoms with Crippen LogP contribution < -0.4 is 0 Å². The molecule has 0 saturated heterocycles. The van der Waals surface area contributed by atoms with E-state index in [4.69, 9.17) is 5.11 Å². The Bertz CT molecular complexity index is 642. The van der Waals surface area contributed by atoms with Crippen LogP contribution in [-0.2, 0) is 14.8 Å². The molecule has 0 spiro atoms. The molecular formula is C12H13NO4S2. The number of carbonyl (C=O) groups is 1. The van der Waals surface area contributed by atoms with Gasteiger partial charge in [-0.25, -0.2) is 8.42 Å². The van der Waals surface area contributed by atoms with E-state index in [1.807, 2.05) is 6.07 Å². The van der Waals surface area contributed by atoms with Crippen molar-refractivity contribution in [1.29, 1.82) is 0 Å². The number of rotatable bonds is 4. The molecule has 1 fully saturated rings. The SMILES string of the molecule is O=C(O)C1C=CCN1S(=O)(=O)c1sccc1C1CC1. The number of nitrogens with zero attached hydrogens (tertiary/aromatic N) is 1. The Hall–Kier alpha value is -1.18. The molecule has 1 saturated carbocycles. The lowest BCUT2D eigenvalue weighted by Gasteiger charge is -2.20. The van der Waals surface area contributed by atoms with Gasteiger partial charge < -0.3 is 5.11 Å². The maximum absolute atomic E-state index is 12.6. The monoisotopic (exact) mass is 299 g/mol. The number of aliphatic carboxylic acids is 1. The van der Waals surface area contributed by atoms with Gasteiger partial charge in [-0.2, -0.15) is 4.31 Å². The molecule has 1 aliphatic heterocycles. The predicted molar refractivity (Wildman–Crippen MR) is 70.7 cm³/mol. The zero-order valence-corrected chi connectivity index (χ0v) is 11.7. The molecule has 1 unspecified atom stereocenters. The summed E-state index contributed by atoms with van der Waals surface area (Å²) < 4.78 is 26.6. The van der Waals surface area contributed by atoms with Crippen molar-refractivity contribution in [3.8, 4) is 0 Å². The molecule has 102 valence electrons. The summed E-state index contributed by atoms with van der Waals surface area (Å²) in [6.45, 7) is 0.126. The summed E-state index contributed by atoms with van der Waals surface area (Å²) in [5.41, 5.74) is 0.848. The van der Waals surface area contributed by atoms with Crippen molar-refractivity contribution in [3.05, 3.63) is 29.2 Å². The van der Waals surface area contributed by atoms with E-state index < -0.39 is 22.0 Å². The molecule has 0 aromatic carbocycles. The molecule has 0 bridgehead atoms. The van der Waals surface area contributed by atoms with E-state index in [9.17, 15) is 13.2 Å². The highest BCUT2D eigenvalue weighted by atomic mass is 32.2. The van der Waals surface area contributed by atoms with Gasteiger partial charge in [0, 0.05) is 6.54 Å². The van der Waals surface area contributed by atoms with Crippen LogP contribution in [0.1, 0.15) is 24.3 Å². The molecule has 2 heterocycles. The van der Waals surface area contributed by atoms with Crippen LogP contribution in [0.25, 0.3) is 0 Å². The van der Waals surface area contributed by atoms with Gasteiger partial charge in [0.2, 0.25) is 0 Å². The van der Waals surface area contributed by atoms with Crippen molar-refractivity contribution in [2.75, 3.05) is 6.54 Å². The molecule has 7 heteroatoms. The van der Waals surface area contributed by atoms with E-state index in [-0.39, 0.29) is 6.54 Å². The summed E-state index contributed by atoms with van der Waals surface area (Å²) >= 11 is 1.18. The number of carboxylic acids is 1. The Labute approximate surface area is 115 Å². The van der Waals surface area contributed by atoms with Gasteiger partial charge in [0.1, 0.15) is 10.3 Å². The molecule has 1 atom stereocenters. The molecule has 1 aromatic rings. The van der Waals surface area contributed by atoms with Gasteiger partial charge in [0.15, 0.2) is 0 Å². The highest BCUT2D eigenvalue weighted by Gasteiger charge is 2.40. The summed E-state index contributed by atoms with van der Waals surface area (Å²) in [6.07, 6.45) is 5.03. The van der Waals surface area contributed by atoms with Crippen LogP contribution in [-0.4, -0.2) is 36.4 Å². The zero-order valence-electron chi connectivity index (χ0n) is 10.0. The van der Waals surface area contributed by atoms with E-state index >= 15 is 0 Å². The summed E-state index contributed by atoms with van der Waals surface area (Å²) in [4.78, 5) is 11.1. The Morgan fingerprint density at radius 3 is 2.79 bits per heavy atom. The third-order valence-corrected chi connectivity index (χ3v) is 6.73. The average molecular weight is 299 g/mol. The fourth-order valence-corrected chi connectivity index (χ4v) is 5.41. The van der Waals surface area contributed by atoms with Crippen molar-refractivity contribution < 1.29 is 18.3 Å². The molecule has 3 rings (SSSR count). The average Bonchev–Trinajstić information content (AvgIpc) is 2.92. The van der Waals surface area contributed by atoms with Gasteiger partial charge in [-0.05, 0) is 35.8 Å². The number of thiophene rings is 1. The van der Waals surface area contributed by atoms with Gasteiger partial charge in [0.25, 0.3) is 10.0 Å². The van der Waals surface area contributed by atoms with Gasteiger partial charge >= 0.3 is 5.97 Å². The van der Waals surface area contributed by atoms with Crippen LogP contribution in [0.5, 0.6) is 0 Å². The highest BCUT2D eigenvalue weighted by Crippen LogP contribution is 2.45. The first-order valence-corrected chi connectivity index (χ1v) is 8.32. The van der Waals surface area contributed by atoms with Crippen molar-refractivity contribution in [2.24, 2.45) is 0 Å². The third-order valence-electron chi connectivity index (χ3n) is 3.39. The fraction of sp³-hybridized carbons (Fsp3) is 0.417. The first-order valence-electron chi connectivity index (χ1n) is 6.00.